The number of pyridine rings is 1. The Hall–Kier alpha value is -3.68. The molecule has 1 atom stereocenters. The number of hydrogen-bond donors (Lipinski definition) is 0. The molecule has 0 fully saturated rings. The molecule has 0 radical (unpaired) electrons. The van der Waals surface area contributed by atoms with Crippen molar-refractivity contribution in [3.05, 3.63) is 59.7 Å². The highest BCUT2D eigenvalue weighted by Gasteiger charge is 2.31. The van der Waals surface area contributed by atoms with Crippen LogP contribution in [0.2, 0.25) is 0 Å². The standard InChI is InChI=1S/C24H26N2O6/c1-5-30-19-10-9-16(12-20(19)31-6-2)23-26-17(14-32-23)13-18(24(28)29-4)22(27)21-15(3)8-7-11-25-21/h7-12,14,18H,5-6,13H2,1-4H3. The van der Waals surface area contributed by atoms with Crippen molar-refractivity contribution in [1.29, 1.82) is 0 Å². The fraction of sp³-hybridized carbons (Fsp3) is 0.333. The first-order valence-electron chi connectivity index (χ1n) is 10.4. The van der Waals surface area contributed by atoms with E-state index in [2.05, 4.69) is 9.97 Å². The van der Waals surface area contributed by atoms with E-state index in [1.54, 1.807) is 31.2 Å². The van der Waals surface area contributed by atoms with Gasteiger partial charge in [0.25, 0.3) is 0 Å². The van der Waals surface area contributed by atoms with Crippen LogP contribution in [0.3, 0.4) is 0 Å². The van der Waals surface area contributed by atoms with Crippen LogP contribution in [0.5, 0.6) is 11.5 Å². The molecular weight excluding hydrogens is 412 g/mol. The number of oxazole rings is 1. The molecule has 0 bridgehead atoms. The Morgan fingerprint density at radius 2 is 1.84 bits per heavy atom. The van der Waals surface area contributed by atoms with Crippen LogP contribution >= 0.6 is 0 Å². The van der Waals surface area contributed by atoms with Gasteiger partial charge >= 0.3 is 5.97 Å². The summed E-state index contributed by atoms with van der Waals surface area (Å²) in [6.45, 7) is 6.55. The number of carbonyl (C=O) groups is 2. The maximum Gasteiger partial charge on any atom is 0.317 e. The lowest BCUT2D eigenvalue weighted by molar-refractivity contribution is -0.143. The third kappa shape index (κ3) is 5.14. The minimum atomic E-state index is -1.08. The third-order valence-electron chi connectivity index (χ3n) is 4.80. The number of aryl methyl sites for hydroxylation is 1. The molecule has 168 valence electrons. The number of aromatic nitrogens is 2. The summed E-state index contributed by atoms with van der Waals surface area (Å²) in [5.41, 5.74) is 2.05. The van der Waals surface area contributed by atoms with Gasteiger partial charge in [-0.25, -0.2) is 4.98 Å². The second-order valence-corrected chi connectivity index (χ2v) is 6.98. The molecule has 32 heavy (non-hydrogen) atoms. The monoisotopic (exact) mass is 438 g/mol. The highest BCUT2D eigenvalue weighted by Crippen LogP contribution is 2.33. The molecule has 2 heterocycles. The molecule has 3 aromatic rings. The fourth-order valence-corrected chi connectivity index (χ4v) is 3.26. The number of benzene rings is 1. The zero-order valence-corrected chi connectivity index (χ0v) is 18.6. The number of Topliss-reactive ketones (excluding diaryl/α,β-unsaturated/α-hetero) is 1. The van der Waals surface area contributed by atoms with Crippen LogP contribution in [-0.2, 0) is 16.0 Å². The van der Waals surface area contributed by atoms with E-state index in [0.29, 0.717) is 47.4 Å². The average molecular weight is 438 g/mol. The first-order valence-corrected chi connectivity index (χ1v) is 10.4. The van der Waals surface area contributed by atoms with Gasteiger partial charge in [-0.05, 0) is 50.6 Å². The number of ether oxygens (including phenoxy) is 3. The maximum absolute atomic E-state index is 13.0. The van der Waals surface area contributed by atoms with Crippen molar-refractivity contribution in [3.8, 4) is 23.0 Å². The Bertz CT molecular complexity index is 1090. The van der Waals surface area contributed by atoms with Gasteiger partial charge < -0.3 is 18.6 Å². The van der Waals surface area contributed by atoms with Crippen LogP contribution in [0.15, 0.2) is 47.2 Å². The summed E-state index contributed by atoms with van der Waals surface area (Å²) < 4.78 is 21.7. The lowest BCUT2D eigenvalue weighted by atomic mass is 9.94. The largest absolute Gasteiger partial charge is 0.490 e. The molecule has 2 aromatic heterocycles. The first kappa shape index (κ1) is 23.0. The Labute approximate surface area is 186 Å². The van der Waals surface area contributed by atoms with Crippen molar-refractivity contribution < 1.29 is 28.2 Å². The van der Waals surface area contributed by atoms with Crippen molar-refractivity contribution in [2.45, 2.75) is 27.2 Å². The van der Waals surface area contributed by atoms with E-state index < -0.39 is 17.7 Å². The number of carbonyl (C=O) groups excluding carboxylic acids is 2. The fourth-order valence-electron chi connectivity index (χ4n) is 3.26. The molecule has 0 aliphatic carbocycles. The maximum atomic E-state index is 13.0. The van der Waals surface area contributed by atoms with Gasteiger partial charge in [0.2, 0.25) is 5.89 Å². The van der Waals surface area contributed by atoms with E-state index in [-0.39, 0.29) is 12.1 Å². The molecule has 3 rings (SSSR count). The molecule has 0 spiro atoms. The Morgan fingerprint density at radius 3 is 2.53 bits per heavy atom. The van der Waals surface area contributed by atoms with Gasteiger partial charge in [0.05, 0.1) is 26.0 Å². The normalized spacial score (nSPS) is 11.6. The van der Waals surface area contributed by atoms with Crippen molar-refractivity contribution in [3.63, 3.8) is 0 Å². The number of ketones is 1. The van der Waals surface area contributed by atoms with Crippen molar-refractivity contribution in [1.82, 2.24) is 9.97 Å². The summed E-state index contributed by atoms with van der Waals surface area (Å²) in [5, 5.41) is 0. The zero-order valence-electron chi connectivity index (χ0n) is 18.6. The van der Waals surface area contributed by atoms with Gasteiger partial charge in [-0.3, -0.25) is 14.6 Å². The van der Waals surface area contributed by atoms with E-state index in [9.17, 15) is 9.59 Å². The van der Waals surface area contributed by atoms with Crippen LogP contribution in [0, 0.1) is 12.8 Å². The predicted octanol–water partition coefficient (Wildman–Crippen LogP) is 4.06. The van der Waals surface area contributed by atoms with Gasteiger partial charge in [0.15, 0.2) is 17.3 Å². The Kier molecular flexibility index (Phi) is 7.59. The lowest BCUT2D eigenvalue weighted by Gasteiger charge is -2.13. The van der Waals surface area contributed by atoms with Crippen LogP contribution in [0.25, 0.3) is 11.5 Å². The zero-order chi connectivity index (χ0) is 23.1. The van der Waals surface area contributed by atoms with Gasteiger partial charge in [-0.2, -0.15) is 0 Å². The molecule has 1 aromatic carbocycles. The van der Waals surface area contributed by atoms with Crippen LogP contribution in [0.1, 0.15) is 35.6 Å². The molecule has 0 aliphatic heterocycles. The number of esters is 1. The molecule has 8 nitrogen and oxygen atoms in total. The minimum Gasteiger partial charge on any atom is -0.490 e. The SMILES string of the molecule is CCOc1ccc(-c2nc(CC(C(=O)OC)C(=O)c3ncccc3C)co2)cc1OCC. The van der Waals surface area contributed by atoms with Gasteiger partial charge in [0, 0.05) is 18.2 Å². The highest BCUT2D eigenvalue weighted by molar-refractivity contribution is 6.08. The van der Waals surface area contributed by atoms with Crippen LogP contribution in [-0.4, -0.2) is 42.0 Å². The second-order valence-electron chi connectivity index (χ2n) is 6.98. The predicted molar refractivity (Wildman–Crippen MR) is 117 cm³/mol. The van der Waals surface area contributed by atoms with Crippen molar-refractivity contribution in [2.24, 2.45) is 5.92 Å². The molecule has 0 saturated heterocycles. The van der Waals surface area contributed by atoms with E-state index in [1.165, 1.54) is 19.6 Å². The molecule has 8 heteroatoms. The molecule has 0 saturated carbocycles. The van der Waals surface area contributed by atoms with E-state index in [4.69, 9.17) is 18.6 Å². The number of rotatable bonds is 10. The number of nitrogens with zero attached hydrogens (tertiary/aromatic N) is 2. The van der Waals surface area contributed by atoms with Gasteiger partial charge in [-0.15, -0.1) is 0 Å². The van der Waals surface area contributed by atoms with Crippen molar-refractivity contribution in [2.75, 3.05) is 20.3 Å². The number of hydrogen-bond acceptors (Lipinski definition) is 8. The van der Waals surface area contributed by atoms with Crippen LogP contribution < -0.4 is 9.47 Å². The summed E-state index contributed by atoms with van der Waals surface area (Å²) in [4.78, 5) is 34.0. The smallest absolute Gasteiger partial charge is 0.317 e. The molecule has 0 N–H and O–H groups in total. The summed E-state index contributed by atoms with van der Waals surface area (Å²) in [6.07, 6.45) is 2.98. The Morgan fingerprint density at radius 1 is 1.09 bits per heavy atom. The van der Waals surface area contributed by atoms with E-state index >= 15 is 0 Å². The molecular formula is C24H26N2O6. The summed E-state index contributed by atoms with van der Waals surface area (Å²) in [6, 6.07) is 8.88. The Balaban J connectivity index is 1.86. The van der Waals surface area contributed by atoms with E-state index in [1.807, 2.05) is 19.9 Å². The second kappa shape index (κ2) is 10.6. The summed E-state index contributed by atoms with van der Waals surface area (Å²) in [7, 11) is 1.25. The van der Waals surface area contributed by atoms with Gasteiger partial charge in [-0.1, -0.05) is 6.07 Å². The lowest BCUT2D eigenvalue weighted by Crippen LogP contribution is -2.29. The van der Waals surface area contributed by atoms with E-state index in [0.717, 1.165) is 0 Å². The summed E-state index contributed by atoms with van der Waals surface area (Å²) >= 11 is 0. The average Bonchev–Trinajstić information content (AvgIpc) is 3.27. The molecule has 0 aliphatic rings. The number of methoxy groups -OCH3 is 1. The summed E-state index contributed by atoms with van der Waals surface area (Å²) in [5.74, 6) is -0.588. The molecule has 0 amide bonds. The minimum absolute atomic E-state index is 0.0281. The van der Waals surface area contributed by atoms with Crippen molar-refractivity contribution >= 4 is 11.8 Å². The van der Waals surface area contributed by atoms with Gasteiger partial charge in [0.1, 0.15) is 17.9 Å². The first-order chi connectivity index (χ1) is 15.5. The molecule has 1 unspecified atom stereocenters. The van der Waals surface area contributed by atoms with Crippen LogP contribution in [0.4, 0.5) is 0 Å². The highest BCUT2D eigenvalue weighted by atomic mass is 16.5. The topological polar surface area (TPSA) is 101 Å². The quantitative estimate of drug-likeness (QED) is 0.265. The third-order valence-corrected chi connectivity index (χ3v) is 4.80.